The van der Waals surface area contributed by atoms with E-state index in [0.717, 1.165) is 0 Å². The van der Waals surface area contributed by atoms with Crippen LogP contribution in [0.4, 0.5) is 10.2 Å². The summed E-state index contributed by atoms with van der Waals surface area (Å²) in [6.07, 6.45) is 5.64. The fourth-order valence-electron chi connectivity index (χ4n) is 2.27. The van der Waals surface area contributed by atoms with E-state index >= 15 is 0 Å². The van der Waals surface area contributed by atoms with Gasteiger partial charge in [0.25, 0.3) is 5.91 Å². The standard InChI is InChI=1S/C19H17FN4O3/c1-5-10-23(2)19(26)17-18(21-12-25)22-16(24(17)3)9-7-13-6-8-15(27-4)14(20)11-13/h1,6,8,11-12H,10H2,2-4H3,(H,21,25). The number of imidazole rings is 1. The third kappa shape index (κ3) is 4.25. The van der Waals surface area contributed by atoms with Crippen LogP contribution in [-0.4, -0.2) is 47.5 Å². The van der Waals surface area contributed by atoms with Crippen molar-refractivity contribution < 1.29 is 18.7 Å². The van der Waals surface area contributed by atoms with Gasteiger partial charge in [0.15, 0.2) is 28.9 Å². The second-order valence-electron chi connectivity index (χ2n) is 5.42. The summed E-state index contributed by atoms with van der Waals surface area (Å²) >= 11 is 0. The number of nitrogens with zero attached hydrogens (tertiary/aromatic N) is 3. The predicted octanol–water partition coefficient (Wildman–Crippen LogP) is 1.24. The van der Waals surface area contributed by atoms with E-state index in [1.807, 2.05) is 0 Å². The van der Waals surface area contributed by atoms with E-state index in [2.05, 4.69) is 28.1 Å². The van der Waals surface area contributed by atoms with Crippen LogP contribution in [0.1, 0.15) is 21.9 Å². The Labute approximate surface area is 156 Å². The summed E-state index contributed by atoms with van der Waals surface area (Å²) in [5.41, 5.74) is 0.531. The van der Waals surface area contributed by atoms with E-state index in [1.165, 1.54) is 35.8 Å². The number of methoxy groups -OCH3 is 1. The lowest BCUT2D eigenvalue weighted by atomic mass is 10.2. The van der Waals surface area contributed by atoms with Crippen molar-refractivity contribution in [3.63, 3.8) is 0 Å². The quantitative estimate of drug-likeness (QED) is 0.636. The van der Waals surface area contributed by atoms with Gasteiger partial charge < -0.3 is 19.5 Å². The van der Waals surface area contributed by atoms with Crippen molar-refractivity contribution in [2.75, 3.05) is 26.0 Å². The Morgan fingerprint density at radius 2 is 2.22 bits per heavy atom. The smallest absolute Gasteiger partial charge is 0.274 e. The number of anilines is 1. The van der Waals surface area contributed by atoms with Crippen LogP contribution >= 0.6 is 0 Å². The Morgan fingerprint density at radius 3 is 2.81 bits per heavy atom. The normalized spacial score (nSPS) is 9.59. The number of nitrogens with one attached hydrogen (secondary N) is 1. The first-order chi connectivity index (χ1) is 12.9. The van der Waals surface area contributed by atoms with Gasteiger partial charge in [0.1, 0.15) is 0 Å². The number of ether oxygens (including phenoxy) is 1. The van der Waals surface area contributed by atoms with Crippen LogP contribution in [0.25, 0.3) is 0 Å². The zero-order chi connectivity index (χ0) is 20.0. The lowest BCUT2D eigenvalue weighted by molar-refractivity contribution is -0.105. The molecule has 0 atom stereocenters. The highest BCUT2D eigenvalue weighted by molar-refractivity contribution is 5.99. The van der Waals surface area contributed by atoms with Gasteiger partial charge in [-0.15, -0.1) is 6.42 Å². The molecule has 2 aromatic rings. The molecule has 1 heterocycles. The van der Waals surface area contributed by atoms with Crippen LogP contribution in [0.2, 0.25) is 0 Å². The first-order valence-corrected chi connectivity index (χ1v) is 7.74. The molecule has 138 valence electrons. The van der Waals surface area contributed by atoms with Crippen molar-refractivity contribution in [3.8, 4) is 29.9 Å². The number of benzene rings is 1. The third-order valence-corrected chi connectivity index (χ3v) is 3.64. The highest BCUT2D eigenvalue weighted by atomic mass is 19.1. The average molecular weight is 368 g/mol. The molecule has 0 fully saturated rings. The van der Waals surface area contributed by atoms with Gasteiger partial charge in [0.2, 0.25) is 6.41 Å². The van der Waals surface area contributed by atoms with Crippen LogP contribution in [-0.2, 0) is 11.8 Å². The predicted molar refractivity (Wildman–Crippen MR) is 97.6 cm³/mol. The van der Waals surface area contributed by atoms with E-state index in [9.17, 15) is 14.0 Å². The van der Waals surface area contributed by atoms with Gasteiger partial charge in [-0.05, 0) is 24.1 Å². The molecule has 1 aromatic heterocycles. The minimum absolute atomic E-state index is 0.0617. The van der Waals surface area contributed by atoms with Crippen molar-refractivity contribution in [2.24, 2.45) is 7.05 Å². The summed E-state index contributed by atoms with van der Waals surface area (Å²) in [4.78, 5) is 28.9. The van der Waals surface area contributed by atoms with Crippen molar-refractivity contribution in [2.45, 2.75) is 0 Å². The van der Waals surface area contributed by atoms with Gasteiger partial charge >= 0.3 is 0 Å². The van der Waals surface area contributed by atoms with E-state index in [0.29, 0.717) is 12.0 Å². The first kappa shape index (κ1) is 19.5. The highest BCUT2D eigenvalue weighted by Gasteiger charge is 2.23. The molecule has 0 unspecified atom stereocenters. The lowest BCUT2D eigenvalue weighted by Gasteiger charge is -2.14. The number of amides is 2. The molecule has 27 heavy (non-hydrogen) atoms. The molecule has 8 heteroatoms. The molecule has 0 spiro atoms. The van der Waals surface area contributed by atoms with Crippen LogP contribution in [0, 0.1) is 30.0 Å². The fourth-order valence-corrected chi connectivity index (χ4v) is 2.27. The number of hydrogen-bond acceptors (Lipinski definition) is 4. The van der Waals surface area contributed by atoms with E-state index in [4.69, 9.17) is 11.2 Å². The Bertz CT molecular complexity index is 979. The number of rotatable bonds is 5. The number of carbonyl (C=O) groups is 2. The van der Waals surface area contributed by atoms with Crippen LogP contribution in [0.3, 0.4) is 0 Å². The first-order valence-electron chi connectivity index (χ1n) is 7.74. The molecule has 0 bridgehead atoms. The zero-order valence-electron chi connectivity index (χ0n) is 15.0. The summed E-state index contributed by atoms with van der Waals surface area (Å²) in [5.74, 6) is 7.33. The summed E-state index contributed by atoms with van der Waals surface area (Å²) in [6, 6.07) is 4.28. The minimum Gasteiger partial charge on any atom is -0.494 e. The van der Waals surface area contributed by atoms with Crippen molar-refractivity contribution in [3.05, 3.63) is 41.1 Å². The maximum atomic E-state index is 13.8. The molecule has 0 saturated heterocycles. The Morgan fingerprint density at radius 1 is 1.48 bits per heavy atom. The molecular weight excluding hydrogens is 351 g/mol. The SMILES string of the molecule is C#CCN(C)C(=O)c1c(NC=O)nc(C#Cc2ccc(OC)c(F)c2)n1C. The molecule has 1 N–H and O–H groups in total. The molecule has 2 rings (SSSR count). The topological polar surface area (TPSA) is 76.5 Å². The Kier molecular flexibility index (Phi) is 6.18. The van der Waals surface area contributed by atoms with Crippen molar-refractivity contribution >= 4 is 18.1 Å². The molecule has 0 aliphatic carbocycles. The average Bonchev–Trinajstić information content (AvgIpc) is 2.95. The summed E-state index contributed by atoms with van der Waals surface area (Å²) in [7, 11) is 4.48. The fraction of sp³-hybridized carbons (Fsp3) is 0.211. The maximum Gasteiger partial charge on any atom is 0.274 e. The monoisotopic (exact) mass is 368 g/mol. The van der Waals surface area contributed by atoms with E-state index in [1.54, 1.807) is 13.1 Å². The maximum absolute atomic E-state index is 13.8. The molecule has 7 nitrogen and oxygen atoms in total. The largest absolute Gasteiger partial charge is 0.494 e. The summed E-state index contributed by atoms with van der Waals surface area (Å²) in [5, 5.41) is 2.38. The van der Waals surface area contributed by atoms with Gasteiger partial charge in [-0.25, -0.2) is 9.37 Å². The molecular formula is C19H17FN4O3. The van der Waals surface area contributed by atoms with Crippen molar-refractivity contribution in [1.29, 1.82) is 0 Å². The van der Waals surface area contributed by atoms with Gasteiger partial charge in [-0.2, -0.15) is 0 Å². The lowest BCUT2D eigenvalue weighted by Crippen LogP contribution is -2.29. The molecule has 0 radical (unpaired) electrons. The minimum atomic E-state index is -0.542. The molecule has 0 aliphatic heterocycles. The molecule has 0 aliphatic rings. The molecule has 1 aromatic carbocycles. The molecule has 2 amide bonds. The number of hydrogen-bond donors (Lipinski definition) is 1. The van der Waals surface area contributed by atoms with Crippen LogP contribution in [0.5, 0.6) is 5.75 Å². The zero-order valence-corrected chi connectivity index (χ0v) is 15.0. The van der Waals surface area contributed by atoms with E-state index in [-0.39, 0.29) is 29.6 Å². The third-order valence-electron chi connectivity index (χ3n) is 3.64. The van der Waals surface area contributed by atoms with Crippen LogP contribution < -0.4 is 10.1 Å². The number of terminal acetylenes is 1. The second-order valence-corrected chi connectivity index (χ2v) is 5.42. The van der Waals surface area contributed by atoms with Gasteiger partial charge in [-0.3, -0.25) is 9.59 Å². The summed E-state index contributed by atoms with van der Waals surface area (Å²) in [6.45, 7) is 0.0939. The highest BCUT2D eigenvalue weighted by Crippen LogP contribution is 2.19. The summed E-state index contributed by atoms with van der Waals surface area (Å²) < 4.78 is 20.1. The number of carbonyl (C=O) groups excluding carboxylic acids is 2. The molecule has 0 saturated carbocycles. The Hall–Kier alpha value is -3.78. The van der Waals surface area contributed by atoms with E-state index < -0.39 is 11.7 Å². The number of halogens is 1. The van der Waals surface area contributed by atoms with Gasteiger partial charge in [-0.1, -0.05) is 11.8 Å². The number of aromatic nitrogens is 2. The Balaban J connectivity index is 2.43. The van der Waals surface area contributed by atoms with Crippen molar-refractivity contribution in [1.82, 2.24) is 14.5 Å². The van der Waals surface area contributed by atoms with Gasteiger partial charge in [0, 0.05) is 19.7 Å². The van der Waals surface area contributed by atoms with Gasteiger partial charge in [0.05, 0.1) is 13.7 Å². The van der Waals surface area contributed by atoms with Crippen LogP contribution in [0.15, 0.2) is 18.2 Å². The second kappa shape index (κ2) is 8.54.